The molecule has 0 aliphatic carbocycles. The molecule has 4 nitrogen and oxygen atoms in total. The summed E-state index contributed by atoms with van der Waals surface area (Å²) in [5.74, 6) is 0.995. The Bertz CT molecular complexity index is 1070. The summed E-state index contributed by atoms with van der Waals surface area (Å²) in [6.07, 6.45) is 5.02. The lowest BCUT2D eigenvalue weighted by molar-refractivity contribution is -0.195. The average molecular weight is 516 g/mol. The zero-order chi connectivity index (χ0) is 26.1. The third-order valence-electron chi connectivity index (χ3n) is 7.23. The van der Waals surface area contributed by atoms with Crippen LogP contribution in [-0.4, -0.2) is 39.7 Å². The van der Waals surface area contributed by atoms with Crippen molar-refractivity contribution in [2.75, 3.05) is 20.3 Å². The van der Waals surface area contributed by atoms with E-state index >= 15 is 0 Å². The van der Waals surface area contributed by atoms with Gasteiger partial charge in [0.1, 0.15) is 5.76 Å². The molecule has 196 valence electrons. The number of hydrogen-bond donors (Lipinski definition) is 0. The zero-order valence-corrected chi connectivity index (χ0v) is 23.7. The number of nitrogens with zero attached hydrogens (tertiary/aromatic N) is 1. The van der Waals surface area contributed by atoms with E-state index < -0.39 is 8.32 Å². The molecule has 1 atom stereocenters. The van der Waals surface area contributed by atoms with E-state index in [9.17, 15) is 0 Å². The van der Waals surface area contributed by atoms with Crippen LogP contribution in [0.5, 0.6) is 0 Å². The van der Waals surface area contributed by atoms with Crippen molar-refractivity contribution in [2.24, 2.45) is 0 Å². The quantitative estimate of drug-likeness (QED) is 0.229. The van der Waals surface area contributed by atoms with Gasteiger partial charge in [0, 0.05) is 13.2 Å². The molecule has 0 fully saturated rings. The summed E-state index contributed by atoms with van der Waals surface area (Å²) in [5.41, 5.74) is 1.24. The van der Waals surface area contributed by atoms with E-state index in [2.05, 4.69) is 117 Å². The fraction of sp³-hybridized carbons (Fsp3) is 0.375. The molecule has 4 rings (SSSR count). The third kappa shape index (κ3) is 6.42. The van der Waals surface area contributed by atoms with Gasteiger partial charge in [-0.2, -0.15) is 5.06 Å². The molecule has 0 radical (unpaired) electrons. The van der Waals surface area contributed by atoms with Gasteiger partial charge in [0.15, 0.2) is 0 Å². The Morgan fingerprint density at radius 1 is 0.838 bits per heavy atom. The van der Waals surface area contributed by atoms with Crippen molar-refractivity contribution in [3.63, 3.8) is 0 Å². The van der Waals surface area contributed by atoms with Crippen LogP contribution in [0.3, 0.4) is 0 Å². The van der Waals surface area contributed by atoms with Crippen molar-refractivity contribution in [2.45, 2.75) is 57.7 Å². The van der Waals surface area contributed by atoms with Crippen molar-refractivity contribution >= 4 is 18.7 Å². The Balaban J connectivity index is 1.45. The molecule has 1 aliphatic heterocycles. The molecule has 1 aliphatic rings. The van der Waals surface area contributed by atoms with E-state index in [1.54, 1.807) is 7.11 Å². The van der Waals surface area contributed by atoms with Crippen molar-refractivity contribution in [1.29, 1.82) is 0 Å². The first kappa shape index (κ1) is 27.3. The first-order valence-corrected chi connectivity index (χ1v) is 15.3. The van der Waals surface area contributed by atoms with Crippen LogP contribution in [0.1, 0.15) is 45.6 Å². The summed E-state index contributed by atoms with van der Waals surface area (Å²) in [5, 5.41) is 4.73. The Hall–Kier alpha value is -2.70. The number of methoxy groups -OCH3 is 1. The van der Waals surface area contributed by atoms with Gasteiger partial charge in [-0.05, 0) is 46.3 Å². The van der Waals surface area contributed by atoms with E-state index in [0.717, 1.165) is 38.2 Å². The molecule has 0 aromatic heterocycles. The highest BCUT2D eigenvalue weighted by atomic mass is 28.4. The normalized spacial score (nSPS) is 16.9. The van der Waals surface area contributed by atoms with E-state index in [1.807, 2.05) is 6.07 Å². The van der Waals surface area contributed by atoms with Crippen molar-refractivity contribution < 1.29 is 14.0 Å². The van der Waals surface area contributed by atoms with Crippen LogP contribution in [0.2, 0.25) is 5.04 Å². The maximum absolute atomic E-state index is 7.08. The molecule has 1 heterocycles. The Labute approximate surface area is 224 Å². The molecule has 0 amide bonds. The standard InChI is InChI=1S/C32H41NO3Si/c1-32(2,3)37(28-18-10-6-11-19-28,29-20-12-7-13-21-29)36-24-15-14-22-30-31(34-4)23-25-35-33(30)26-27-16-8-5-9-17-27/h5-13,16-21,23,30H,14-15,22,24-26H2,1-4H3. The third-order valence-corrected chi connectivity index (χ3v) is 12.3. The van der Waals surface area contributed by atoms with E-state index in [0.29, 0.717) is 6.61 Å². The van der Waals surface area contributed by atoms with Crippen LogP contribution in [0, 0.1) is 0 Å². The second-order valence-corrected chi connectivity index (χ2v) is 15.0. The van der Waals surface area contributed by atoms with Gasteiger partial charge in [0.25, 0.3) is 8.32 Å². The summed E-state index contributed by atoms with van der Waals surface area (Å²) >= 11 is 0. The van der Waals surface area contributed by atoms with Gasteiger partial charge < -0.3 is 9.16 Å². The Morgan fingerprint density at radius 3 is 1.95 bits per heavy atom. The number of hydrogen-bond acceptors (Lipinski definition) is 4. The van der Waals surface area contributed by atoms with Gasteiger partial charge >= 0.3 is 0 Å². The van der Waals surface area contributed by atoms with Crippen LogP contribution in [-0.2, 0) is 20.5 Å². The van der Waals surface area contributed by atoms with Crippen LogP contribution < -0.4 is 10.4 Å². The number of rotatable bonds is 11. The summed E-state index contributed by atoms with van der Waals surface area (Å²) in [7, 11) is -0.734. The average Bonchev–Trinajstić information content (AvgIpc) is 2.92. The van der Waals surface area contributed by atoms with Gasteiger partial charge in [0.2, 0.25) is 0 Å². The van der Waals surface area contributed by atoms with Gasteiger partial charge in [-0.3, -0.25) is 4.84 Å². The van der Waals surface area contributed by atoms with Crippen molar-refractivity contribution in [3.8, 4) is 0 Å². The second kappa shape index (κ2) is 12.7. The van der Waals surface area contributed by atoms with E-state index in [-0.39, 0.29) is 11.1 Å². The van der Waals surface area contributed by atoms with Crippen LogP contribution in [0.4, 0.5) is 0 Å². The lowest BCUT2D eigenvalue weighted by atomic mass is 10.1. The van der Waals surface area contributed by atoms with Gasteiger partial charge in [-0.1, -0.05) is 112 Å². The topological polar surface area (TPSA) is 30.9 Å². The van der Waals surface area contributed by atoms with Crippen LogP contribution in [0.25, 0.3) is 0 Å². The molecule has 5 heteroatoms. The smallest absolute Gasteiger partial charge is 0.261 e. The number of hydroxylamine groups is 2. The zero-order valence-electron chi connectivity index (χ0n) is 22.7. The summed E-state index contributed by atoms with van der Waals surface area (Å²) in [6, 6.07) is 32.3. The van der Waals surface area contributed by atoms with Gasteiger partial charge in [-0.15, -0.1) is 0 Å². The Kier molecular flexibility index (Phi) is 9.38. The molecular weight excluding hydrogens is 474 g/mol. The van der Waals surface area contributed by atoms with Crippen molar-refractivity contribution in [1.82, 2.24) is 5.06 Å². The van der Waals surface area contributed by atoms with Gasteiger partial charge in [0.05, 0.1) is 19.8 Å². The van der Waals surface area contributed by atoms with Crippen LogP contribution >= 0.6 is 0 Å². The molecule has 0 saturated heterocycles. The molecular formula is C32H41NO3Si. The van der Waals surface area contributed by atoms with Crippen molar-refractivity contribution in [3.05, 3.63) is 108 Å². The summed E-state index contributed by atoms with van der Waals surface area (Å²) < 4.78 is 12.8. The largest absolute Gasteiger partial charge is 0.500 e. The minimum absolute atomic E-state index is 0.00857. The maximum atomic E-state index is 7.08. The second-order valence-electron chi connectivity index (χ2n) is 10.7. The molecule has 3 aromatic carbocycles. The minimum Gasteiger partial charge on any atom is -0.500 e. The maximum Gasteiger partial charge on any atom is 0.261 e. The summed E-state index contributed by atoms with van der Waals surface area (Å²) in [4.78, 5) is 6.05. The fourth-order valence-corrected chi connectivity index (χ4v) is 10.0. The lowest BCUT2D eigenvalue weighted by Gasteiger charge is -2.43. The molecule has 0 bridgehead atoms. The van der Waals surface area contributed by atoms with Crippen LogP contribution in [0.15, 0.2) is 103 Å². The highest BCUT2D eigenvalue weighted by Crippen LogP contribution is 2.37. The van der Waals surface area contributed by atoms with Gasteiger partial charge in [-0.25, -0.2) is 0 Å². The predicted molar refractivity (Wildman–Crippen MR) is 154 cm³/mol. The van der Waals surface area contributed by atoms with E-state index in [4.69, 9.17) is 14.0 Å². The molecule has 0 N–H and O–H groups in total. The minimum atomic E-state index is -2.49. The molecule has 3 aromatic rings. The monoisotopic (exact) mass is 515 g/mol. The first-order valence-electron chi connectivity index (χ1n) is 13.4. The SMILES string of the molecule is COC1=CCON(Cc2ccccc2)C1CCCCO[Si](c1ccccc1)(c1ccccc1)C(C)(C)C. The highest BCUT2D eigenvalue weighted by molar-refractivity contribution is 6.99. The number of ether oxygens (including phenoxy) is 1. The molecule has 37 heavy (non-hydrogen) atoms. The molecule has 0 saturated carbocycles. The first-order chi connectivity index (χ1) is 18.0. The van der Waals surface area contributed by atoms with E-state index in [1.165, 1.54) is 15.9 Å². The summed E-state index contributed by atoms with van der Waals surface area (Å²) in [6.45, 7) is 9.00. The fourth-order valence-electron chi connectivity index (χ4n) is 5.43. The number of benzene rings is 3. The highest BCUT2D eigenvalue weighted by Gasteiger charge is 2.49. The predicted octanol–water partition coefficient (Wildman–Crippen LogP) is 6.08. The lowest BCUT2D eigenvalue weighted by Crippen LogP contribution is -2.66. The number of unbranched alkanes of at least 4 members (excludes halogenated alkanes) is 1. The molecule has 1 unspecified atom stereocenters. The molecule has 0 spiro atoms. The Morgan fingerprint density at radius 2 is 1.41 bits per heavy atom.